The van der Waals surface area contributed by atoms with Crippen LogP contribution in [0.5, 0.6) is 0 Å². The third kappa shape index (κ3) is 4.98. The van der Waals surface area contributed by atoms with Gasteiger partial charge in [-0.2, -0.15) is 0 Å². The van der Waals surface area contributed by atoms with Crippen LogP contribution in [-0.4, -0.2) is 25.0 Å². The van der Waals surface area contributed by atoms with E-state index in [0.717, 1.165) is 42.2 Å². The van der Waals surface area contributed by atoms with Crippen molar-refractivity contribution in [3.05, 3.63) is 64.7 Å². The molecular weight excluding hydrogens is 332 g/mol. The SMILES string of the molecule is Cc1cc(C)c(NC(=O)[C@H](C)[NH+]2CCC(Cc3ccccc3)CC2)c(C)c1. The highest BCUT2D eigenvalue weighted by Gasteiger charge is 2.30. The first kappa shape index (κ1) is 19.6. The van der Waals surface area contributed by atoms with Crippen LogP contribution in [0.15, 0.2) is 42.5 Å². The Labute approximate surface area is 163 Å². The summed E-state index contributed by atoms with van der Waals surface area (Å²) in [6, 6.07) is 15.0. The van der Waals surface area contributed by atoms with Crippen LogP contribution >= 0.6 is 0 Å². The number of aryl methyl sites for hydroxylation is 3. The third-order valence-electron chi connectivity index (χ3n) is 6.05. The maximum Gasteiger partial charge on any atom is 0.282 e. The van der Waals surface area contributed by atoms with Gasteiger partial charge in [0.15, 0.2) is 6.04 Å². The van der Waals surface area contributed by atoms with Crippen LogP contribution in [0.2, 0.25) is 0 Å². The van der Waals surface area contributed by atoms with E-state index in [0.29, 0.717) is 0 Å². The quantitative estimate of drug-likeness (QED) is 0.836. The number of piperidine rings is 1. The summed E-state index contributed by atoms with van der Waals surface area (Å²) in [4.78, 5) is 14.3. The van der Waals surface area contributed by atoms with E-state index in [1.165, 1.54) is 28.9 Å². The highest BCUT2D eigenvalue weighted by Crippen LogP contribution is 2.22. The number of anilines is 1. The number of amides is 1. The Morgan fingerprint density at radius 1 is 1.07 bits per heavy atom. The zero-order valence-electron chi connectivity index (χ0n) is 17.1. The summed E-state index contributed by atoms with van der Waals surface area (Å²) in [7, 11) is 0. The molecule has 2 aromatic rings. The number of likely N-dealkylation sites (tertiary alicyclic amines) is 1. The maximum atomic E-state index is 12.8. The number of rotatable bonds is 5. The summed E-state index contributed by atoms with van der Waals surface area (Å²) in [6.07, 6.45) is 3.56. The van der Waals surface area contributed by atoms with Gasteiger partial charge in [-0.25, -0.2) is 0 Å². The number of carbonyl (C=O) groups excluding carboxylic acids is 1. The first-order valence-corrected chi connectivity index (χ1v) is 10.2. The molecule has 3 heteroatoms. The number of quaternary nitrogens is 1. The third-order valence-corrected chi connectivity index (χ3v) is 6.05. The van der Waals surface area contributed by atoms with Crippen LogP contribution in [0, 0.1) is 26.7 Å². The number of carbonyl (C=O) groups is 1. The minimum atomic E-state index is -0.0113. The molecule has 0 saturated carbocycles. The van der Waals surface area contributed by atoms with Gasteiger partial charge in [-0.1, -0.05) is 48.0 Å². The predicted molar refractivity (Wildman–Crippen MR) is 112 cm³/mol. The molecule has 144 valence electrons. The normalized spacial score (nSPS) is 20.9. The average Bonchev–Trinajstić information content (AvgIpc) is 2.65. The fraction of sp³-hybridized carbons (Fsp3) is 0.458. The average molecular weight is 366 g/mol. The molecule has 1 heterocycles. The molecule has 1 aliphatic heterocycles. The predicted octanol–water partition coefficient (Wildman–Crippen LogP) is 3.48. The van der Waals surface area contributed by atoms with Gasteiger partial charge in [0, 0.05) is 5.69 Å². The van der Waals surface area contributed by atoms with Crippen LogP contribution in [0.4, 0.5) is 5.69 Å². The zero-order valence-corrected chi connectivity index (χ0v) is 17.1. The first-order chi connectivity index (χ1) is 12.9. The molecule has 27 heavy (non-hydrogen) atoms. The molecule has 2 aromatic carbocycles. The molecule has 0 unspecified atom stereocenters. The second-order valence-corrected chi connectivity index (χ2v) is 8.28. The van der Waals surface area contributed by atoms with Crippen LogP contribution in [0.25, 0.3) is 0 Å². The van der Waals surface area contributed by atoms with Crippen molar-refractivity contribution in [3.63, 3.8) is 0 Å². The Hall–Kier alpha value is -2.13. The van der Waals surface area contributed by atoms with Gasteiger partial charge in [0.1, 0.15) is 0 Å². The largest absolute Gasteiger partial charge is 0.325 e. The lowest BCUT2D eigenvalue weighted by atomic mass is 9.89. The topological polar surface area (TPSA) is 33.5 Å². The maximum absolute atomic E-state index is 12.8. The van der Waals surface area contributed by atoms with Gasteiger partial charge in [-0.3, -0.25) is 4.79 Å². The van der Waals surface area contributed by atoms with E-state index in [1.54, 1.807) is 0 Å². The number of nitrogens with one attached hydrogen (secondary N) is 2. The molecule has 1 saturated heterocycles. The van der Waals surface area contributed by atoms with E-state index in [2.05, 4.69) is 75.5 Å². The lowest BCUT2D eigenvalue weighted by molar-refractivity contribution is -0.919. The Bertz CT molecular complexity index is 753. The molecule has 0 aliphatic carbocycles. The van der Waals surface area contributed by atoms with Crippen molar-refractivity contribution >= 4 is 11.6 Å². The van der Waals surface area contributed by atoms with Crippen molar-refractivity contribution in [2.24, 2.45) is 5.92 Å². The summed E-state index contributed by atoms with van der Waals surface area (Å²) in [6.45, 7) is 10.5. The lowest BCUT2D eigenvalue weighted by Crippen LogP contribution is -3.17. The Balaban J connectivity index is 1.54. The fourth-order valence-electron chi connectivity index (χ4n) is 4.43. The number of benzene rings is 2. The van der Waals surface area contributed by atoms with Gasteiger partial charge in [-0.05, 0) is 69.6 Å². The van der Waals surface area contributed by atoms with Crippen LogP contribution < -0.4 is 10.2 Å². The summed E-state index contributed by atoms with van der Waals surface area (Å²) >= 11 is 0. The van der Waals surface area contributed by atoms with Gasteiger partial charge in [0.25, 0.3) is 5.91 Å². The number of hydrogen-bond donors (Lipinski definition) is 2. The second-order valence-electron chi connectivity index (χ2n) is 8.28. The fourth-order valence-corrected chi connectivity index (χ4v) is 4.43. The molecule has 1 aliphatic rings. The Kier molecular flexibility index (Phi) is 6.33. The van der Waals surface area contributed by atoms with Crippen molar-refractivity contribution in [1.82, 2.24) is 0 Å². The second kappa shape index (κ2) is 8.71. The summed E-state index contributed by atoms with van der Waals surface area (Å²) < 4.78 is 0. The molecule has 2 N–H and O–H groups in total. The van der Waals surface area contributed by atoms with Crippen molar-refractivity contribution < 1.29 is 9.69 Å². The molecule has 3 nitrogen and oxygen atoms in total. The van der Waals surface area contributed by atoms with E-state index < -0.39 is 0 Å². The molecule has 0 bridgehead atoms. The van der Waals surface area contributed by atoms with E-state index in [9.17, 15) is 4.79 Å². The molecular formula is C24H33N2O+. The van der Waals surface area contributed by atoms with Gasteiger partial charge in [0.2, 0.25) is 0 Å². The molecule has 1 fully saturated rings. The molecule has 0 spiro atoms. The van der Waals surface area contributed by atoms with Crippen molar-refractivity contribution in [2.75, 3.05) is 18.4 Å². The molecule has 1 atom stereocenters. The van der Waals surface area contributed by atoms with Crippen LogP contribution in [-0.2, 0) is 11.2 Å². The van der Waals surface area contributed by atoms with Crippen LogP contribution in [0.1, 0.15) is 42.0 Å². The van der Waals surface area contributed by atoms with E-state index >= 15 is 0 Å². The minimum absolute atomic E-state index is 0.0113. The molecule has 1 amide bonds. The number of hydrogen-bond acceptors (Lipinski definition) is 1. The molecule has 3 rings (SSSR count). The smallest absolute Gasteiger partial charge is 0.282 e. The van der Waals surface area contributed by atoms with Gasteiger partial charge >= 0.3 is 0 Å². The van der Waals surface area contributed by atoms with Crippen LogP contribution in [0.3, 0.4) is 0 Å². The van der Waals surface area contributed by atoms with E-state index in [1.807, 2.05) is 0 Å². The monoisotopic (exact) mass is 365 g/mol. The minimum Gasteiger partial charge on any atom is -0.325 e. The summed E-state index contributed by atoms with van der Waals surface area (Å²) in [5, 5.41) is 3.19. The zero-order chi connectivity index (χ0) is 19.4. The first-order valence-electron chi connectivity index (χ1n) is 10.2. The Morgan fingerprint density at radius 3 is 2.26 bits per heavy atom. The standard InChI is InChI=1S/C24H32N2O/c1-17-14-18(2)23(19(3)15-17)25-24(27)20(4)26-12-10-22(11-13-26)16-21-8-6-5-7-9-21/h5-9,14-15,20,22H,10-13,16H2,1-4H3,(H,25,27)/p+1/t20-/m0/s1. The highest BCUT2D eigenvalue weighted by atomic mass is 16.2. The van der Waals surface area contributed by atoms with Crippen molar-refractivity contribution in [3.8, 4) is 0 Å². The Morgan fingerprint density at radius 2 is 1.67 bits per heavy atom. The van der Waals surface area contributed by atoms with Gasteiger partial charge in [-0.15, -0.1) is 0 Å². The molecule has 0 aromatic heterocycles. The van der Waals surface area contributed by atoms with E-state index in [-0.39, 0.29) is 11.9 Å². The highest BCUT2D eigenvalue weighted by molar-refractivity contribution is 5.95. The summed E-state index contributed by atoms with van der Waals surface area (Å²) in [5.41, 5.74) is 5.94. The van der Waals surface area contributed by atoms with E-state index in [4.69, 9.17) is 0 Å². The van der Waals surface area contributed by atoms with Crippen molar-refractivity contribution in [1.29, 1.82) is 0 Å². The lowest BCUT2D eigenvalue weighted by Gasteiger charge is -2.32. The summed E-state index contributed by atoms with van der Waals surface area (Å²) in [5.74, 6) is 0.884. The van der Waals surface area contributed by atoms with Gasteiger partial charge < -0.3 is 10.2 Å². The van der Waals surface area contributed by atoms with Gasteiger partial charge in [0.05, 0.1) is 13.1 Å². The van der Waals surface area contributed by atoms with Crippen molar-refractivity contribution in [2.45, 2.75) is 53.0 Å². The molecule has 0 radical (unpaired) electrons.